The van der Waals surface area contributed by atoms with Crippen LogP contribution in [0.2, 0.25) is 10.0 Å². The smallest absolute Gasteiger partial charge is 0.219 e. The molecule has 33 heavy (non-hydrogen) atoms. The minimum atomic E-state index is -0.198. The summed E-state index contributed by atoms with van der Waals surface area (Å²) in [5, 5.41) is 12.9. The third kappa shape index (κ3) is 4.36. The van der Waals surface area contributed by atoms with E-state index in [1.165, 1.54) is 6.07 Å². The minimum Gasteiger partial charge on any atom is -0.871 e. The van der Waals surface area contributed by atoms with Crippen molar-refractivity contribution >= 4 is 23.2 Å². The Morgan fingerprint density at radius 1 is 0.515 bits per heavy atom. The summed E-state index contributed by atoms with van der Waals surface area (Å²) < 4.78 is 2.14. The van der Waals surface area contributed by atoms with Gasteiger partial charge in [-0.25, -0.2) is 0 Å². The Balaban J connectivity index is 1.88. The summed E-state index contributed by atoms with van der Waals surface area (Å²) in [5.74, 6) is -0.198. The summed E-state index contributed by atoms with van der Waals surface area (Å²) in [6.45, 7) is 0. The Morgan fingerprint density at radius 2 is 1.06 bits per heavy atom. The monoisotopic (exact) mass is 467 g/mol. The number of hydrogen-bond donors (Lipinski definition) is 0. The molecule has 1 aromatic heterocycles. The molecule has 0 saturated carbocycles. The van der Waals surface area contributed by atoms with E-state index in [0.29, 0.717) is 5.02 Å². The lowest BCUT2D eigenvalue weighted by Gasteiger charge is -2.14. The van der Waals surface area contributed by atoms with E-state index in [9.17, 15) is 5.11 Å². The molecule has 2 nitrogen and oxygen atoms in total. The first-order valence-electron chi connectivity index (χ1n) is 10.5. The van der Waals surface area contributed by atoms with Crippen molar-refractivity contribution < 1.29 is 9.67 Å². The first kappa shape index (κ1) is 21.3. The molecule has 0 atom stereocenters. The fourth-order valence-electron chi connectivity index (χ4n) is 3.95. The van der Waals surface area contributed by atoms with Crippen LogP contribution < -0.4 is 9.67 Å². The van der Waals surface area contributed by atoms with Crippen LogP contribution in [-0.2, 0) is 0 Å². The molecule has 1 heterocycles. The van der Waals surface area contributed by atoms with Crippen LogP contribution >= 0.6 is 23.2 Å². The van der Waals surface area contributed by atoms with Crippen molar-refractivity contribution in [3.63, 3.8) is 0 Å². The Kier molecular flexibility index (Phi) is 5.87. The molecule has 0 aliphatic rings. The highest BCUT2D eigenvalue weighted by Gasteiger charge is 2.25. The fourth-order valence-corrected chi connectivity index (χ4v) is 4.25. The topological polar surface area (TPSA) is 26.9 Å². The number of rotatable bonds is 4. The zero-order valence-corrected chi connectivity index (χ0v) is 19.1. The molecule has 160 valence electrons. The molecule has 0 aliphatic heterocycles. The van der Waals surface area contributed by atoms with Crippen LogP contribution in [0, 0.1) is 0 Å². The van der Waals surface area contributed by atoms with Gasteiger partial charge in [-0.1, -0.05) is 83.5 Å². The van der Waals surface area contributed by atoms with Gasteiger partial charge in [0.1, 0.15) is 0 Å². The zero-order chi connectivity index (χ0) is 22.8. The molecule has 0 N–H and O–H groups in total. The average Bonchev–Trinajstić information content (AvgIpc) is 2.86. The fraction of sp³-hybridized carbons (Fsp3) is 0. The van der Waals surface area contributed by atoms with Gasteiger partial charge in [0.15, 0.2) is 0 Å². The third-order valence-electron chi connectivity index (χ3n) is 5.56. The van der Waals surface area contributed by atoms with Gasteiger partial charge < -0.3 is 5.11 Å². The molecule has 0 radical (unpaired) electrons. The van der Waals surface area contributed by atoms with Crippen molar-refractivity contribution in [1.82, 2.24) is 0 Å². The summed E-state index contributed by atoms with van der Waals surface area (Å²) in [5.41, 5.74) is 7.00. The number of hydrogen-bond acceptors (Lipinski definition) is 1. The maximum Gasteiger partial charge on any atom is 0.219 e. The van der Waals surface area contributed by atoms with Crippen molar-refractivity contribution in [2.45, 2.75) is 0 Å². The number of pyridine rings is 1. The van der Waals surface area contributed by atoms with Gasteiger partial charge >= 0.3 is 0 Å². The van der Waals surface area contributed by atoms with Gasteiger partial charge in [0.25, 0.3) is 0 Å². The van der Waals surface area contributed by atoms with E-state index in [0.717, 1.165) is 39.3 Å². The number of nitrogens with zero attached hydrogens (tertiary/aromatic N) is 1. The van der Waals surface area contributed by atoms with Crippen molar-refractivity contribution in [3.05, 3.63) is 125 Å². The lowest BCUT2D eigenvalue weighted by atomic mass is 9.98. The molecule has 5 aromatic rings. The van der Waals surface area contributed by atoms with E-state index >= 15 is 0 Å². The van der Waals surface area contributed by atoms with Gasteiger partial charge in [-0.2, -0.15) is 4.57 Å². The SMILES string of the molecule is [O-]c1ccc(-[n+]2c(-c3ccccc3)cc(-c3ccccc3)cc2-c2ccc(Cl)cc2)cc1Cl. The first-order chi connectivity index (χ1) is 16.1. The Morgan fingerprint density at radius 3 is 1.64 bits per heavy atom. The number of aromatic nitrogens is 1. The van der Waals surface area contributed by atoms with Crippen LogP contribution in [0.3, 0.4) is 0 Å². The highest BCUT2D eigenvalue weighted by atomic mass is 35.5. The summed E-state index contributed by atoms with van der Waals surface area (Å²) in [7, 11) is 0. The van der Waals surface area contributed by atoms with Gasteiger partial charge in [-0.05, 0) is 47.5 Å². The normalized spacial score (nSPS) is 10.8. The number of halogens is 2. The van der Waals surface area contributed by atoms with Gasteiger partial charge in [0, 0.05) is 45.4 Å². The largest absolute Gasteiger partial charge is 0.871 e. The molecule has 4 aromatic carbocycles. The third-order valence-corrected chi connectivity index (χ3v) is 6.10. The Hall–Kier alpha value is -3.59. The second kappa shape index (κ2) is 9.11. The summed E-state index contributed by atoms with van der Waals surface area (Å²) >= 11 is 12.5. The Labute approximate surface area is 202 Å². The molecule has 0 amide bonds. The molecular weight excluding hydrogens is 449 g/mol. The molecule has 0 fully saturated rings. The van der Waals surface area contributed by atoms with Crippen molar-refractivity contribution in [2.75, 3.05) is 0 Å². The number of benzene rings is 4. The molecule has 0 saturated heterocycles. The van der Waals surface area contributed by atoms with E-state index in [1.54, 1.807) is 6.07 Å². The minimum absolute atomic E-state index is 0.188. The molecule has 4 heteroatoms. The average molecular weight is 468 g/mol. The maximum absolute atomic E-state index is 12.0. The highest BCUT2D eigenvalue weighted by molar-refractivity contribution is 6.32. The van der Waals surface area contributed by atoms with E-state index in [4.69, 9.17) is 23.2 Å². The van der Waals surface area contributed by atoms with Crippen LogP contribution in [0.15, 0.2) is 115 Å². The second-order valence-corrected chi connectivity index (χ2v) is 8.55. The zero-order valence-electron chi connectivity index (χ0n) is 17.6. The van der Waals surface area contributed by atoms with Crippen molar-refractivity contribution in [1.29, 1.82) is 0 Å². The quantitative estimate of drug-likeness (QED) is 0.254. The van der Waals surface area contributed by atoms with E-state index in [1.807, 2.05) is 66.7 Å². The highest BCUT2D eigenvalue weighted by Crippen LogP contribution is 2.32. The summed E-state index contributed by atoms with van der Waals surface area (Å²) in [6.07, 6.45) is 0. The molecule has 0 aliphatic carbocycles. The van der Waals surface area contributed by atoms with Crippen LogP contribution in [-0.4, -0.2) is 0 Å². The maximum atomic E-state index is 12.0. The molecule has 0 unspecified atom stereocenters. The van der Waals surface area contributed by atoms with E-state index in [2.05, 4.69) is 41.0 Å². The van der Waals surface area contributed by atoms with Crippen LogP contribution in [0.1, 0.15) is 0 Å². The van der Waals surface area contributed by atoms with Crippen LogP contribution in [0.5, 0.6) is 5.75 Å². The van der Waals surface area contributed by atoms with Crippen LogP contribution in [0.25, 0.3) is 39.3 Å². The van der Waals surface area contributed by atoms with Crippen molar-refractivity contribution in [2.24, 2.45) is 0 Å². The van der Waals surface area contributed by atoms with Crippen LogP contribution in [0.4, 0.5) is 0 Å². The predicted octanol–water partition coefficient (Wildman–Crippen LogP) is 7.34. The van der Waals surface area contributed by atoms with E-state index in [-0.39, 0.29) is 10.8 Å². The lowest BCUT2D eigenvalue weighted by molar-refractivity contribution is -0.572. The first-order valence-corrected chi connectivity index (χ1v) is 11.3. The predicted molar refractivity (Wildman–Crippen MR) is 134 cm³/mol. The van der Waals surface area contributed by atoms with Gasteiger partial charge in [-0.3, -0.25) is 0 Å². The van der Waals surface area contributed by atoms with Gasteiger partial charge in [-0.15, -0.1) is 0 Å². The summed E-state index contributed by atoms with van der Waals surface area (Å²) in [4.78, 5) is 0. The molecule has 5 rings (SSSR count). The van der Waals surface area contributed by atoms with E-state index < -0.39 is 0 Å². The molecular formula is C29H19Cl2NO. The van der Waals surface area contributed by atoms with Gasteiger partial charge in [0.2, 0.25) is 17.1 Å². The standard InChI is InChI=1S/C29H19Cl2NO/c30-24-13-11-22(12-14-24)28-18-23(20-7-3-1-4-8-20)17-27(21-9-5-2-6-10-21)32(28)25-15-16-29(33)26(31)19-25/h1-19H. The molecule has 0 bridgehead atoms. The second-order valence-electron chi connectivity index (χ2n) is 7.70. The lowest BCUT2D eigenvalue weighted by Crippen LogP contribution is -2.36. The van der Waals surface area contributed by atoms with Gasteiger partial charge in [0.05, 0.1) is 0 Å². The summed E-state index contributed by atoms with van der Waals surface area (Å²) in [6, 6.07) is 37.6. The van der Waals surface area contributed by atoms with Crippen molar-refractivity contribution in [3.8, 4) is 45.1 Å². The molecule has 0 spiro atoms. The Bertz CT molecular complexity index is 1420.